The molecule has 0 unspecified atom stereocenters. The van der Waals surface area contributed by atoms with Crippen LogP contribution in [-0.2, 0) is 21.2 Å². The van der Waals surface area contributed by atoms with Gasteiger partial charge in [-0.1, -0.05) is 48.0 Å². The van der Waals surface area contributed by atoms with Gasteiger partial charge in [0, 0.05) is 24.5 Å². The highest BCUT2D eigenvalue weighted by Crippen LogP contribution is 2.52. The van der Waals surface area contributed by atoms with Crippen molar-refractivity contribution in [2.45, 2.75) is 88.6 Å². The molecule has 2 aliphatic heterocycles. The molecule has 3 aliphatic rings. The van der Waals surface area contributed by atoms with E-state index in [1.807, 2.05) is 39.0 Å². The molecule has 0 aromatic heterocycles. The zero-order chi connectivity index (χ0) is 24.8. The fraction of sp³-hybridized carbons (Fsp3) is 0.552. The van der Waals surface area contributed by atoms with Crippen molar-refractivity contribution < 1.29 is 13.2 Å². The van der Waals surface area contributed by atoms with Gasteiger partial charge in [-0.25, -0.2) is 13.1 Å². The van der Waals surface area contributed by atoms with Crippen LogP contribution in [0.1, 0.15) is 67.2 Å². The van der Waals surface area contributed by atoms with Gasteiger partial charge >= 0.3 is 0 Å². The Labute approximate surface area is 210 Å². The number of nitrogens with one attached hydrogen (secondary N) is 1. The average molecular weight is 495 g/mol. The molecule has 1 amide bonds. The maximum Gasteiger partial charge on any atom is 0.241 e. The first kappa shape index (κ1) is 24.5. The van der Waals surface area contributed by atoms with Crippen LogP contribution in [0.5, 0.6) is 0 Å². The summed E-state index contributed by atoms with van der Waals surface area (Å²) in [5.41, 5.74) is 3.80. The molecule has 5 nitrogen and oxygen atoms in total. The molecule has 1 spiro atoms. The van der Waals surface area contributed by atoms with Crippen LogP contribution >= 0.6 is 0 Å². The highest BCUT2D eigenvalue weighted by atomic mass is 32.2. The van der Waals surface area contributed by atoms with Crippen LogP contribution in [0, 0.1) is 32.6 Å². The smallest absolute Gasteiger partial charge is 0.241 e. The Hall–Kier alpha value is -2.18. The first-order valence-corrected chi connectivity index (χ1v) is 14.6. The molecule has 1 N–H and O–H groups in total. The lowest BCUT2D eigenvalue weighted by molar-refractivity contribution is -0.138. The van der Waals surface area contributed by atoms with E-state index in [9.17, 15) is 13.2 Å². The van der Waals surface area contributed by atoms with Crippen LogP contribution < -0.4 is 4.72 Å². The Morgan fingerprint density at radius 3 is 2.43 bits per heavy atom. The highest BCUT2D eigenvalue weighted by molar-refractivity contribution is 7.89. The van der Waals surface area contributed by atoms with Crippen molar-refractivity contribution in [3.63, 3.8) is 0 Å². The minimum absolute atomic E-state index is 0.106. The lowest BCUT2D eigenvalue weighted by Crippen LogP contribution is -2.60. The number of hydrogen-bond donors (Lipinski definition) is 1. The van der Waals surface area contributed by atoms with Gasteiger partial charge in [-0.05, 0) is 94.2 Å². The quantitative estimate of drug-likeness (QED) is 0.631. The van der Waals surface area contributed by atoms with E-state index in [0.29, 0.717) is 23.1 Å². The zero-order valence-corrected chi connectivity index (χ0v) is 22.0. The molecule has 3 fully saturated rings. The number of aryl methyl sites for hydroxylation is 3. The fourth-order valence-electron chi connectivity index (χ4n) is 7.66. The van der Waals surface area contributed by atoms with Gasteiger partial charge in [-0.2, -0.15) is 0 Å². The van der Waals surface area contributed by atoms with Crippen LogP contribution in [0.3, 0.4) is 0 Å². The summed E-state index contributed by atoms with van der Waals surface area (Å²) in [7, 11) is -3.68. The number of hydrogen-bond acceptors (Lipinski definition) is 3. The summed E-state index contributed by atoms with van der Waals surface area (Å²) in [6.07, 6.45) is 7.07. The van der Waals surface area contributed by atoms with Crippen molar-refractivity contribution in [1.29, 1.82) is 0 Å². The molecule has 2 heterocycles. The van der Waals surface area contributed by atoms with E-state index in [-0.39, 0.29) is 17.5 Å². The highest BCUT2D eigenvalue weighted by Gasteiger charge is 2.56. The number of carbonyl (C=O) groups is 1. The first-order chi connectivity index (χ1) is 16.7. The molecule has 2 aromatic carbocycles. The summed E-state index contributed by atoms with van der Waals surface area (Å²) in [6.45, 7) is 6.63. The maximum absolute atomic E-state index is 13.8. The maximum atomic E-state index is 13.8. The SMILES string of the molecule is Cc1cc(C)c(S(=O)(=O)N[C@H]2CC[C@@]34CCCN3C(=O)CCC[C@H]4[C@H]2Cc2ccccc2)c(C)c1. The molecule has 1 aliphatic carbocycles. The third kappa shape index (κ3) is 4.44. The van der Waals surface area contributed by atoms with Gasteiger partial charge in [0.05, 0.1) is 4.90 Å². The summed E-state index contributed by atoms with van der Waals surface area (Å²) in [4.78, 5) is 15.6. The molecular weight excluding hydrogens is 456 g/mol. The largest absolute Gasteiger partial charge is 0.337 e. The minimum Gasteiger partial charge on any atom is -0.337 e. The first-order valence-electron chi connectivity index (χ1n) is 13.2. The molecule has 2 aromatic rings. The van der Waals surface area contributed by atoms with E-state index in [0.717, 1.165) is 68.2 Å². The van der Waals surface area contributed by atoms with Crippen molar-refractivity contribution >= 4 is 15.9 Å². The van der Waals surface area contributed by atoms with Gasteiger partial charge in [0.25, 0.3) is 0 Å². The Morgan fingerprint density at radius 1 is 1.00 bits per heavy atom. The lowest BCUT2D eigenvalue weighted by Gasteiger charge is -2.53. The number of rotatable bonds is 5. The second-order valence-corrected chi connectivity index (χ2v) is 12.7. The fourth-order valence-corrected chi connectivity index (χ4v) is 9.43. The average Bonchev–Trinajstić information content (AvgIpc) is 3.16. The van der Waals surface area contributed by atoms with Crippen LogP contribution in [0.2, 0.25) is 0 Å². The Morgan fingerprint density at radius 2 is 1.71 bits per heavy atom. The van der Waals surface area contributed by atoms with Crippen LogP contribution in [0.25, 0.3) is 0 Å². The third-order valence-corrected chi connectivity index (χ3v) is 10.6. The van der Waals surface area contributed by atoms with E-state index in [1.165, 1.54) is 5.56 Å². The van der Waals surface area contributed by atoms with Gasteiger partial charge in [-0.3, -0.25) is 4.79 Å². The van der Waals surface area contributed by atoms with Gasteiger partial charge < -0.3 is 4.90 Å². The summed E-state index contributed by atoms with van der Waals surface area (Å²) in [5.74, 6) is 0.755. The van der Waals surface area contributed by atoms with Gasteiger partial charge in [0.1, 0.15) is 0 Å². The molecule has 5 rings (SSSR count). The van der Waals surface area contributed by atoms with Crippen molar-refractivity contribution in [3.8, 4) is 0 Å². The number of amides is 1. The third-order valence-electron chi connectivity index (χ3n) is 8.84. The van der Waals surface area contributed by atoms with E-state index in [2.05, 4.69) is 33.9 Å². The van der Waals surface area contributed by atoms with Crippen LogP contribution in [0.15, 0.2) is 47.4 Å². The van der Waals surface area contributed by atoms with E-state index in [1.54, 1.807) is 0 Å². The van der Waals surface area contributed by atoms with Gasteiger partial charge in [-0.15, -0.1) is 0 Å². The Kier molecular flexibility index (Phi) is 6.56. The number of nitrogens with zero attached hydrogens (tertiary/aromatic N) is 1. The zero-order valence-electron chi connectivity index (χ0n) is 21.2. The molecule has 2 saturated heterocycles. The monoisotopic (exact) mass is 494 g/mol. The van der Waals surface area contributed by atoms with Crippen LogP contribution in [0.4, 0.5) is 0 Å². The molecule has 4 atom stereocenters. The van der Waals surface area contributed by atoms with Gasteiger partial charge in [0.15, 0.2) is 0 Å². The second-order valence-electron chi connectivity index (χ2n) is 11.1. The van der Waals surface area contributed by atoms with Crippen molar-refractivity contribution in [2.75, 3.05) is 6.54 Å². The van der Waals surface area contributed by atoms with Crippen LogP contribution in [-0.4, -0.2) is 37.4 Å². The van der Waals surface area contributed by atoms with E-state index in [4.69, 9.17) is 0 Å². The predicted molar refractivity (Wildman–Crippen MR) is 139 cm³/mol. The Balaban J connectivity index is 1.52. The summed E-state index contributed by atoms with van der Waals surface area (Å²) in [6, 6.07) is 14.2. The lowest BCUT2D eigenvalue weighted by atomic mass is 9.61. The number of carbonyl (C=O) groups excluding carboxylic acids is 1. The molecule has 0 bridgehead atoms. The normalized spacial score (nSPS) is 28.9. The van der Waals surface area contributed by atoms with Crippen molar-refractivity contribution in [2.24, 2.45) is 11.8 Å². The van der Waals surface area contributed by atoms with Crippen molar-refractivity contribution in [1.82, 2.24) is 9.62 Å². The van der Waals surface area contributed by atoms with Gasteiger partial charge in [0.2, 0.25) is 15.9 Å². The molecule has 35 heavy (non-hydrogen) atoms. The molecule has 1 saturated carbocycles. The minimum atomic E-state index is -3.68. The molecule has 0 radical (unpaired) electrons. The topological polar surface area (TPSA) is 66.5 Å². The van der Waals surface area contributed by atoms with E-state index >= 15 is 0 Å². The number of benzene rings is 2. The van der Waals surface area contributed by atoms with Crippen molar-refractivity contribution in [3.05, 3.63) is 64.7 Å². The standard InChI is InChI=1S/C29H38N2O3S/c1-20-17-21(2)28(22(3)18-20)35(33,34)30-26-13-15-29-14-8-16-31(29)27(32)12-7-11-25(29)24(26)19-23-9-5-4-6-10-23/h4-6,9-10,17-18,24-26,30H,7-8,11-16,19H2,1-3H3/t24-,25+,26+,29-/m1/s1. The second kappa shape index (κ2) is 9.36. The van der Waals surface area contributed by atoms with E-state index < -0.39 is 10.0 Å². The summed E-state index contributed by atoms with van der Waals surface area (Å²) in [5, 5.41) is 0. The molecule has 188 valence electrons. The molecule has 6 heteroatoms. The Bertz CT molecular complexity index is 1190. The summed E-state index contributed by atoms with van der Waals surface area (Å²) >= 11 is 0. The number of sulfonamides is 1. The molecular formula is C29H38N2O3S. The summed E-state index contributed by atoms with van der Waals surface area (Å²) < 4.78 is 30.8. The predicted octanol–water partition coefficient (Wildman–Crippen LogP) is 5.07.